The van der Waals surface area contributed by atoms with Crippen LogP contribution in [0.5, 0.6) is 0 Å². The van der Waals surface area contributed by atoms with E-state index in [1.165, 1.54) is 0 Å². The number of carboxylic acid groups (broad SMARTS) is 1. The van der Waals surface area contributed by atoms with Gasteiger partial charge in [0.05, 0.1) is 11.8 Å². The molecule has 0 aromatic carbocycles. The molecule has 1 saturated heterocycles. The minimum absolute atomic E-state index is 0.0164. The first-order chi connectivity index (χ1) is 9.52. The van der Waals surface area contributed by atoms with Crippen molar-refractivity contribution in [1.29, 1.82) is 0 Å². The van der Waals surface area contributed by atoms with E-state index in [2.05, 4.69) is 5.32 Å². The molecule has 3 unspecified atom stereocenters. The number of carbonyl (C=O) groups excluding carboxylic acids is 2. The molecule has 1 heterocycles. The standard InChI is InChI=1S/C14H22N2O4/c1-15-12(17)11-3-2-6-16(8-11)13(18)9-4-5-10(7-9)14(19)20/h9-11H,2-8H2,1H3,(H,15,17)(H,19,20). The predicted molar refractivity (Wildman–Crippen MR) is 71.8 cm³/mol. The Morgan fingerprint density at radius 3 is 2.40 bits per heavy atom. The highest BCUT2D eigenvalue weighted by Gasteiger charge is 2.37. The van der Waals surface area contributed by atoms with Gasteiger partial charge in [0, 0.05) is 26.1 Å². The smallest absolute Gasteiger partial charge is 0.306 e. The second-order valence-electron chi connectivity index (χ2n) is 5.78. The summed E-state index contributed by atoms with van der Waals surface area (Å²) in [5.74, 6) is -1.49. The fourth-order valence-corrected chi connectivity index (χ4v) is 3.28. The molecule has 1 saturated carbocycles. The topological polar surface area (TPSA) is 86.7 Å². The lowest BCUT2D eigenvalue weighted by Gasteiger charge is -2.33. The number of amides is 2. The normalized spacial score (nSPS) is 30.1. The zero-order valence-corrected chi connectivity index (χ0v) is 11.8. The average molecular weight is 282 g/mol. The molecule has 0 aromatic heterocycles. The van der Waals surface area contributed by atoms with E-state index in [1.54, 1.807) is 11.9 Å². The van der Waals surface area contributed by atoms with Crippen LogP contribution in [0.2, 0.25) is 0 Å². The molecule has 0 bridgehead atoms. The van der Waals surface area contributed by atoms with E-state index >= 15 is 0 Å². The Balaban J connectivity index is 1.92. The van der Waals surface area contributed by atoms with Gasteiger partial charge >= 0.3 is 5.97 Å². The maximum absolute atomic E-state index is 12.4. The van der Waals surface area contributed by atoms with E-state index in [0.717, 1.165) is 12.8 Å². The summed E-state index contributed by atoms with van der Waals surface area (Å²) >= 11 is 0. The summed E-state index contributed by atoms with van der Waals surface area (Å²) in [6.45, 7) is 1.15. The third-order valence-electron chi connectivity index (χ3n) is 4.48. The van der Waals surface area contributed by atoms with E-state index in [0.29, 0.717) is 32.4 Å². The van der Waals surface area contributed by atoms with Crippen molar-refractivity contribution in [3.05, 3.63) is 0 Å². The Kier molecular flexibility index (Phi) is 4.62. The van der Waals surface area contributed by atoms with Crippen molar-refractivity contribution in [2.24, 2.45) is 17.8 Å². The SMILES string of the molecule is CNC(=O)C1CCCN(C(=O)C2CCC(C(=O)O)C2)C1. The highest BCUT2D eigenvalue weighted by Crippen LogP contribution is 2.33. The zero-order valence-electron chi connectivity index (χ0n) is 11.8. The predicted octanol–water partition coefficient (Wildman–Crippen LogP) is 0.472. The molecule has 20 heavy (non-hydrogen) atoms. The highest BCUT2D eigenvalue weighted by atomic mass is 16.4. The van der Waals surface area contributed by atoms with E-state index in [1.807, 2.05) is 0 Å². The first kappa shape index (κ1) is 14.8. The van der Waals surface area contributed by atoms with Gasteiger partial charge in [0.15, 0.2) is 0 Å². The Morgan fingerprint density at radius 1 is 1.10 bits per heavy atom. The van der Waals surface area contributed by atoms with Crippen molar-refractivity contribution in [2.75, 3.05) is 20.1 Å². The average Bonchev–Trinajstić information content (AvgIpc) is 2.95. The molecule has 0 spiro atoms. The summed E-state index contributed by atoms with van der Waals surface area (Å²) < 4.78 is 0. The molecule has 2 fully saturated rings. The fraction of sp³-hybridized carbons (Fsp3) is 0.786. The van der Waals surface area contributed by atoms with Gasteiger partial charge in [0.1, 0.15) is 0 Å². The third-order valence-corrected chi connectivity index (χ3v) is 4.48. The summed E-state index contributed by atoms with van der Waals surface area (Å²) in [7, 11) is 1.61. The first-order valence-electron chi connectivity index (χ1n) is 7.26. The lowest BCUT2D eigenvalue weighted by atomic mass is 9.95. The number of carboxylic acids is 1. The summed E-state index contributed by atoms with van der Waals surface area (Å²) in [5, 5.41) is 11.6. The van der Waals surface area contributed by atoms with Crippen molar-refractivity contribution in [3.63, 3.8) is 0 Å². The van der Waals surface area contributed by atoms with Crippen LogP contribution in [0.3, 0.4) is 0 Å². The summed E-state index contributed by atoms with van der Waals surface area (Å²) in [4.78, 5) is 36.8. The second-order valence-corrected chi connectivity index (χ2v) is 5.78. The number of hydrogen-bond acceptors (Lipinski definition) is 3. The molecule has 1 aliphatic carbocycles. The molecule has 112 valence electrons. The Hall–Kier alpha value is -1.59. The van der Waals surface area contributed by atoms with E-state index in [4.69, 9.17) is 5.11 Å². The lowest BCUT2D eigenvalue weighted by Crippen LogP contribution is -2.46. The number of piperidine rings is 1. The van der Waals surface area contributed by atoms with Crippen molar-refractivity contribution < 1.29 is 19.5 Å². The van der Waals surface area contributed by atoms with Gasteiger partial charge in [-0.05, 0) is 32.1 Å². The maximum Gasteiger partial charge on any atom is 0.306 e. The molecule has 2 N–H and O–H groups in total. The van der Waals surface area contributed by atoms with Crippen LogP contribution in [0, 0.1) is 17.8 Å². The van der Waals surface area contributed by atoms with Crippen LogP contribution in [0.15, 0.2) is 0 Å². The van der Waals surface area contributed by atoms with Crippen molar-refractivity contribution in [3.8, 4) is 0 Å². The van der Waals surface area contributed by atoms with Gasteiger partial charge in [-0.25, -0.2) is 0 Å². The first-order valence-corrected chi connectivity index (χ1v) is 7.26. The van der Waals surface area contributed by atoms with Crippen LogP contribution >= 0.6 is 0 Å². The summed E-state index contributed by atoms with van der Waals surface area (Å²) in [6.07, 6.45) is 3.31. The quantitative estimate of drug-likeness (QED) is 0.788. The van der Waals surface area contributed by atoms with Gasteiger partial charge in [-0.3, -0.25) is 14.4 Å². The van der Waals surface area contributed by atoms with Crippen molar-refractivity contribution >= 4 is 17.8 Å². The lowest BCUT2D eigenvalue weighted by molar-refractivity contribution is -0.142. The van der Waals surface area contributed by atoms with Gasteiger partial charge in [-0.1, -0.05) is 0 Å². The van der Waals surface area contributed by atoms with Crippen LogP contribution in [-0.2, 0) is 14.4 Å². The van der Waals surface area contributed by atoms with Gasteiger partial charge in [0.2, 0.25) is 11.8 Å². The molecule has 3 atom stereocenters. The molecule has 2 rings (SSSR count). The van der Waals surface area contributed by atoms with Gasteiger partial charge in [0.25, 0.3) is 0 Å². The number of aliphatic carboxylic acids is 1. The molecule has 0 radical (unpaired) electrons. The number of likely N-dealkylation sites (tertiary alicyclic amines) is 1. The molecule has 1 aliphatic heterocycles. The second kappa shape index (κ2) is 6.24. The van der Waals surface area contributed by atoms with Gasteiger partial charge in [-0.2, -0.15) is 0 Å². The molecule has 2 amide bonds. The molecular formula is C14H22N2O4. The molecule has 6 nitrogen and oxygen atoms in total. The Labute approximate surface area is 118 Å². The highest BCUT2D eigenvalue weighted by molar-refractivity contribution is 5.83. The molecule has 0 aromatic rings. The van der Waals surface area contributed by atoms with Crippen molar-refractivity contribution in [1.82, 2.24) is 10.2 Å². The Morgan fingerprint density at radius 2 is 1.80 bits per heavy atom. The minimum Gasteiger partial charge on any atom is -0.481 e. The number of rotatable bonds is 3. The third kappa shape index (κ3) is 3.11. The molecular weight excluding hydrogens is 260 g/mol. The van der Waals surface area contributed by atoms with Crippen LogP contribution in [-0.4, -0.2) is 47.9 Å². The van der Waals surface area contributed by atoms with E-state index in [-0.39, 0.29) is 29.6 Å². The minimum atomic E-state index is -0.804. The van der Waals surface area contributed by atoms with Gasteiger partial charge < -0.3 is 15.3 Å². The number of nitrogens with one attached hydrogen (secondary N) is 1. The number of carbonyl (C=O) groups is 3. The van der Waals surface area contributed by atoms with Crippen LogP contribution < -0.4 is 5.32 Å². The van der Waals surface area contributed by atoms with Crippen LogP contribution in [0.4, 0.5) is 0 Å². The molecule has 6 heteroatoms. The van der Waals surface area contributed by atoms with Crippen LogP contribution in [0.25, 0.3) is 0 Å². The fourth-order valence-electron chi connectivity index (χ4n) is 3.28. The number of hydrogen-bond donors (Lipinski definition) is 2. The van der Waals surface area contributed by atoms with E-state index in [9.17, 15) is 14.4 Å². The molecule has 2 aliphatic rings. The van der Waals surface area contributed by atoms with Crippen LogP contribution in [0.1, 0.15) is 32.1 Å². The largest absolute Gasteiger partial charge is 0.481 e. The monoisotopic (exact) mass is 282 g/mol. The summed E-state index contributed by atoms with van der Waals surface area (Å²) in [6, 6.07) is 0. The zero-order chi connectivity index (χ0) is 14.7. The maximum atomic E-state index is 12.4. The Bertz CT molecular complexity index is 410. The van der Waals surface area contributed by atoms with Gasteiger partial charge in [-0.15, -0.1) is 0 Å². The summed E-state index contributed by atoms with van der Waals surface area (Å²) in [5.41, 5.74) is 0. The van der Waals surface area contributed by atoms with E-state index < -0.39 is 5.97 Å². The number of nitrogens with zero attached hydrogens (tertiary/aromatic N) is 1. The van der Waals surface area contributed by atoms with Crippen molar-refractivity contribution in [2.45, 2.75) is 32.1 Å².